The van der Waals surface area contributed by atoms with Crippen molar-refractivity contribution in [1.29, 1.82) is 0 Å². The third-order valence-corrected chi connectivity index (χ3v) is 7.21. The average molecular weight is 504 g/mol. The van der Waals surface area contributed by atoms with E-state index in [0.29, 0.717) is 35.6 Å². The molecule has 1 fully saturated rings. The molecule has 2 aromatic carbocycles. The van der Waals surface area contributed by atoms with Crippen LogP contribution in [0, 0.1) is 11.8 Å². The van der Waals surface area contributed by atoms with Crippen molar-refractivity contribution < 1.29 is 32.6 Å². The maximum absolute atomic E-state index is 12.8. The molecule has 10 nitrogen and oxygen atoms in total. The Kier molecular flexibility index (Phi) is 8.34. The van der Waals surface area contributed by atoms with Crippen LogP contribution in [0.1, 0.15) is 38.2 Å². The second-order valence-corrected chi connectivity index (χ2v) is 9.84. The van der Waals surface area contributed by atoms with E-state index in [9.17, 15) is 23.1 Å². The van der Waals surface area contributed by atoms with Crippen LogP contribution in [0.5, 0.6) is 11.5 Å². The lowest BCUT2D eigenvalue weighted by molar-refractivity contribution is -0.147. The quantitative estimate of drug-likeness (QED) is 0.352. The number of nitrogens with one attached hydrogen (secondary N) is 2. The molecule has 2 aromatic rings. The van der Waals surface area contributed by atoms with Crippen molar-refractivity contribution in [1.82, 2.24) is 4.83 Å². The Bertz CT molecular complexity index is 1210. The van der Waals surface area contributed by atoms with Crippen molar-refractivity contribution in [2.45, 2.75) is 37.5 Å². The van der Waals surface area contributed by atoms with Gasteiger partial charge < -0.3 is 19.9 Å². The standard InChI is InChI=1S/C24H29N3O7S/c1-15(26-27-35(31,32)22-14-18(33-2)12-13-21(22)34-3)16-8-10-17(11-9-16)25-23(28)19-6-4-5-7-20(19)24(29)30/h8-14,19-20,27H,4-7H2,1-3H3,(H,25,28)(H,29,30)/b26-15+/t19-,20-/m1/s1. The number of hydrogen-bond donors (Lipinski definition) is 3. The Morgan fingerprint density at radius 1 is 1.00 bits per heavy atom. The van der Waals surface area contributed by atoms with Crippen LogP contribution < -0.4 is 19.6 Å². The molecule has 1 aliphatic rings. The molecule has 0 spiro atoms. The molecule has 1 saturated carbocycles. The summed E-state index contributed by atoms with van der Waals surface area (Å²) >= 11 is 0. The molecule has 3 rings (SSSR count). The van der Waals surface area contributed by atoms with Crippen LogP contribution in [0.3, 0.4) is 0 Å². The van der Waals surface area contributed by atoms with Gasteiger partial charge in [-0.2, -0.15) is 18.4 Å². The van der Waals surface area contributed by atoms with Crippen molar-refractivity contribution >= 4 is 33.3 Å². The Morgan fingerprint density at radius 3 is 2.26 bits per heavy atom. The van der Waals surface area contributed by atoms with E-state index < -0.39 is 27.8 Å². The molecule has 0 unspecified atom stereocenters. The van der Waals surface area contributed by atoms with Gasteiger partial charge >= 0.3 is 5.97 Å². The summed E-state index contributed by atoms with van der Waals surface area (Å²) in [6.07, 6.45) is 2.68. The number of carbonyl (C=O) groups excluding carboxylic acids is 1. The number of methoxy groups -OCH3 is 2. The molecule has 0 aliphatic heterocycles. The van der Waals surface area contributed by atoms with Gasteiger partial charge in [-0.15, -0.1) is 0 Å². The van der Waals surface area contributed by atoms with Crippen LogP contribution in [0.15, 0.2) is 52.5 Å². The Morgan fingerprint density at radius 2 is 1.66 bits per heavy atom. The summed E-state index contributed by atoms with van der Waals surface area (Å²) in [5.74, 6) is -1.99. The molecule has 2 atom stereocenters. The monoisotopic (exact) mass is 503 g/mol. The van der Waals surface area contributed by atoms with E-state index in [2.05, 4.69) is 15.2 Å². The highest BCUT2D eigenvalue weighted by Gasteiger charge is 2.35. The number of rotatable bonds is 9. The van der Waals surface area contributed by atoms with Crippen LogP contribution in [-0.4, -0.2) is 45.3 Å². The van der Waals surface area contributed by atoms with Crippen molar-refractivity contribution in [2.24, 2.45) is 16.9 Å². The first-order chi connectivity index (χ1) is 16.7. The summed E-state index contributed by atoms with van der Waals surface area (Å²) in [6, 6.07) is 11.1. The second-order valence-electron chi connectivity index (χ2n) is 8.21. The number of sulfonamides is 1. The lowest BCUT2D eigenvalue weighted by atomic mass is 9.78. The molecule has 0 aromatic heterocycles. The number of benzene rings is 2. The summed E-state index contributed by atoms with van der Waals surface area (Å²) in [6.45, 7) is 1.64. The summed E-state index contributed by atoms with van der Waals surface area (Å²) in [7, 11) is -1.24. The van der Waals surface area contributed by atoms with Crippen LogP contribution in [-0.2, 0) is 19.6 Å². The number of carbonyl (C=O) groups is 2. The normalized spacial score (nSPS) is 18.4. The molecule has 0 bridgehead atoms. The molecular weight excluding hydrogens is 474 g/mol. The number of carboxylic acid groups (broad SMARTS) is 1. The number of amides is 1. The van der Waals surface area contributed by atoms with Crippen LogP contribution in [0.4, 0.5) is 5.69 Å². The number of nitrogens with zero attached hydrogens (tertiary/aromatic N) is 1. The summed E-state index contributed by atoms with van der Waals surface area (Å²) < 4.78 is 35.8. The van der Waals surface area contributed by atoms with Gasteiger partial charge in [0.15, 0.2) is 0 Å². The van der Waals surface area contributed by atoms with E-state index in [1.165, 1.54) is 26.4 Å². The number of ether oxygens (including phenoxy) is 2. The van der Waals surface area contributed by atoms with E-state index in [1.54, 1.807) is 37.3 Å². The van der Waals surface area contributed by atoms with Crippen molar-refractivity contribution in [3.8, 4) is 11.5 Å². The van der Waals surface area contributed by atoms with E-state index in [0.717, 1.165) is 12.8 Å². The first-order valence-corrected chi connectivity index (χ1v) is 12.6. The highest BCUT2D eigenvalue weighted by Crippen LogP contribution is 2.31. The molecule has 35 heavy (non-hydrogen) atoms. The number of carboxylic acids is 1. The van der Waals surface area contributed by atoms with Crippen molar-refractivity contribution in [3.63, 3.8) is 0 Å². The zero-order valence-electron chi connectivity index (χ0n) is 19.8. The van der Waals surface area contributed by atoms with E-state index in [-0.39, 0.29) is 16.6 Å². The highest BCUT2D eigenvalue weighted by molar-refractivity contribution is 7.89. The van der Waals surface area contributed by atoms with Gasteiger partial charge in [0, 0.05) is 11.8 Å². The summed E-state index contributed by atoms with van der Waals surface area (Å²) in [4.78, 5) is 26.2. The fourth-order valence-corrected chi connectivity index (χ4v) is 5.05. The average Bonchev–Trinajstić information content (AvgIpc) is 2.87. The van der Waals surface area contributed by atoms with Crippen LogP contribution in [0.2, 0.25) is 0 Å². The van der Waals surface area contributed by atoms with Gasteiger partial charge in [-0.05, 0) is 49.6 Å². The van der Waals surface area contributed by atoms with Gasteiger partial charge in [-0.1, -0.05) is 25.0 Å². The van der Waals surface area contributed by atoms with E-state index >= 15 is 0 Å². The van der Waals surface area contributed by atoms with Gasteiger partial charge in [-0.3, -0.25) is 9.59 Å². The molecular formula is C24H29N3O7S. The molecule has 0 saturated heterocycles. The number of hydrogen-bond acceptors (Lipinski definition) is 7. The number of hydrazone groups is 1. The second kappa shape index (κ2) is 11.2. The van der Waals surface area contributed by atoms with Crippen LogP contribution in [0.25, 0.3) is 0 Å². The molecule has 1 aliphatic carbocycles. The molecule has 1 amide bonds. The van der Waals surface area contributed by atoms with Gasteiger partial charge in [0.25, 0.3) is 10.0 Å². The third kappa shape index (κ3) is 6.30. The topological polar surface area (TPSA) is 143 Å². The first-order valence-electron chi connectivity index (χ1n) is 11.1. The Hall–Kier alpha value is -3.60. The Balaban J connectivity index is 1.70. The minimum Gasteiger partial charge on any atom is -0.497 e. The maximum atomic E-state index is 12.8. The van der Waals surface area contributed by atoms with Gasteiger partial charge in [0.1, 0.15) is 16.4 Å². The molecule has 11 heteroatoms. The minimum atomic E-state index is -4.03. The lowest BCUT2D eigenvalue weighted by Gasteiger charge is -2.27. The molecule has 0 heterocycles. The predicted octanol–water partition coefficient (Wildman–Crippen LogP) is 3.24. The first kappa shape index (κ1) is 26.0. The SMILES string of the molecule is COc1ccc(OC)c(S(=O)(=O)N/N=C(\C)c2ccc(NC(=O)[C@@H]3CCCC[C@H]3C(=O)O)cc2)c1. The molecule has 0 radical (unpaired) electrons. The maximum Gasteiger partial charge on any atom is 0.307 e. The zero-order chi connectivity index (χ0) is 25.6. The van der Waals surface area contributed by atoms with Gasteiger partial charge in [0.05, 0.1) is 31.8 Å². The third-order valence-electron chi connectivity index (χ3n) is 5.98. The smallest absolute Gasteiger partial charge is 0.307 e. The van der Waals surface area contributed by atoms with Crippen molar-refractivity contribution in [3.05, 3.63) is 48.0 Å². The highest BCUT2D eigenvalue weighted by atomic mass is 32.2. The number of aliphatic carboxylic acids is 1. The van der Waals surface area contributed by atoms with E-state index in [4.69, 9.17) is 9.47 Å². The number of anilines is 1. The molecule has 188 valence electrons. The van der Waals surface area contributed by atoms with Crippen molar-refractivity contribution in [2.75, 3.05) is 19.5 Å². The fourth-order valence-electron chi connectivity index (χ4n) is 4.01. The fraction of sp³-hybridized carbons (Fsp3) is 0.375. The van der Waals surface area contributed by atoms with Crippen LogP contribution >= 0.6 is 0 Å². The molecule has 3 N–H and O–H groups in total. The van der Waals surface area contributed by atoms with Gasteiger partial charge in [0.2, 0.25) is 5.91 Å². The lowest BCUT2D eigenvalue weighted by Crippen LogP contribution is -2.36. The van der Waals surface area contributed by atoms with Gasteiger partial charge in [-0.25, -0.2) is 0 Å². The summed E-state index contributed by atoms with van der Waals surface area (Å²) in [5, 5.41) is 16.2. The van der Waals surface area contributed by atoms with E-state index in [1.807, 2.05) is 0 Å². The Labute approximate surface area is 204 Å². The minimum absolute atomic E-state index is 0.115. The summed E-state index contributed by atoms with van der Waals surface area (Å²) in [5.41, 5.74) is 1.54. The zero-order valence-corrected chi connectivity index (χ0v) is 20.6. The predicted molar refractivity (Wildman–Crippen MR) is 130 cm³/mol. The largest absolute Gasteiger partial charge is 0.497 e.